The molecule has 0 spiro atoms. The molecule has 0 aromatic carbocycles. The minimum absolute atomic E-state index is 0.421. The first-order chi connectivity index (χ1) is 8.26. The SMILES string of the molecule is CCN1CCN(c2nccnc2C#N)CC1C. The zero-order valence-electron chi connectivity index (χ0n) is 10.3. The van der Waals surface area contributed by atoms with E-state index in [4.69, 9.17) is 5.26 Å². The van der Waals surface area contributed by atoms with Crippen LogP contribution in [0.15, 0.2) is 12.4 Å². The highest BCUT2D eigenvalue weighted by molar-refractivity contribution is 5.49. The summed E-state index contributed by atoms with van der Waals surface area (Å²) in [7, 11) is 0. The van der Waals surface area contributed by atoms with Gasteiger partial charge in [-0.05, 0) is 13.5 Å². The molecule has 0 radical (unpaired) electrons. The number of nitriles is 1. The molecule has 0 amide bonds. The zero-order valence-corrected chi connectivity index (χ0v) is 10.3. The summed E-state index contributed by atoms with van der Waals surface area (Å²) >= 11 is 0. The van der Waals surface area contributed by atoms with Crippen LogP contribution in [-0.4, -0.2) is 47.1 Å². The monoisotopic (exact) mass is 231 g/mol. The summed E-state index contributed by atoms with van der Waals surface area (Å²) in [5, 5.41) is 9.02. The lowest BCUT2D eigenvalue weighted by molar-refractivity contribution is 0.199. The van der Waals surface area contributed by atoms with E-state index < -0.39 is 0 Å². The van der Waals surface area contributed by atoms with Crippen molar-refractivity contribution in [2.75, 3.05) is 31.1 Å². The molecule has 5 heteroatoms. The number of nitrogens with zero attached hydrogens (tertiary/aromatic N) is 5. The maximum Gasteiger partial charge on any atom is 0.183 e. The highest BCUT2D eigenvalue weighted by Crippen LogP contribution is 2.18. The summed E-state index contributed by atoms with van der Waals surface area (Å²) < 4.78 is 0. The van der Waals surface area contributed by atoms with Gasteiger partial charge in [0.25, 0.3) is 0 Å². The van der Waals surface area contributed by atoms with Crippen LogP contribution in [0.2, 0.25) is 0 Å². The fourth-order valence-corrected chi connectivity index (χ4v) is 2.30. The van der Waals surface area contributed by atoms with Crippen molar-refractivity contribution in [1.82, 2.24) is 14.9 Å². The van der Waals surface area contributed by atoms with Gasteiger partial charge in [0.05, 0.1) is 0 Å². The fourth-order valence-electron chi connectivity index (χ4n) is 2.30. The van der Waals surface area contributed by atoms with Crippen molar-refractivity contribution in [3.05, 3.63) is 18.1 Å². The average molecular weight is 231 g/mol. The van der Waals surface area contributed by atoms with Crippen molar-refractivity contribution in [2.45, 2.75) is 19.9 Å². The average Bonchev–Trinajstić information content (AvgIpc) is 2.38. The zero-order chi connectivity index (χ0) is 12.3. The van der Waals surface area contributed by atoms with Crippen molar-refractivity contribution in [2.24, 2.45) is 0 Å². The number of hydrogen-bond acceptors (Lipinski definition) is 5. The van der Waals surface area contributed by atoms with Gasteiger partial charge in [0.1, 0.15) is 6.07 Å². The number of piperazine rings is 1. The van der Waals surface area contributed by atoms with Gasteiger partial charge in [-0.3, -0.25) is 4.90 Å². The molecule has 1 saturated heterocycles. The Labute approximate surface area is 102 Å². The summed E-state index contributed by atoms with van der Waals surface area (Å²) in [6.45, 7) is 8.28. The molecule has 1 atom stereocenters. The molecule has 0 saturated carbocycles. The Morgan fingerprint density at radius 1 is 1.41 bits per heavy atom. The highest BCUT2D eigenvalue weighted by atomic mass is 15.3. The van der Waals surface area contributed by atoms with Crippen LogP contribution in [-0.2, 0) is 0 Å². The molecule has 1 aliphatic rings. The van der Waals surface area contributed by atoms with Gasteiger partial charge >= 0.3 is 0 Å². The molecule has 1 fully saturated rings. The van der Waals surface area contributed by atoms with E-state index in [-0.39, 0.29) is 0 Å². The second-order valence-electron chi connectivity index (χ2n) is 4.26. The number of likely N-dealkylation sites (N-methyl/N-ethyl adjacent to an activating group) is 1. The molecule has 1 unspecified atom stereocenters. The summed E-state index contributed by atoms with van der Waals surface area (Å²) in [5.74, 6) is 0.720. The fraction of sp³-hybridized carbons (Fsp3) is 0.583. The van der Waals surface area contributed by atoms with E-state index in [2.05, 4.69) is 39.7 Å². The molecule has 17 heavy (non-hydrogen) atoms. The van der Waals surface area contributed by atoms with Gasteiger partial charge in [-0.1, -0.05) is 6.92 Å². The standard InChI is InChI=1S/C12H17N5/c1-3-16-6-7-17(9-10(16)2)12-11(8-13)14-4-5-15-12/h4-5,10H,3,6-7,9H2,1-2H3. The van der Waals surface area contributed by atoms with E-state index in [0.29, 0.717) is 11.7 Å². The molecule has 0 bridgehead atoms. The number of anilines is 1. The van der Waals surface area contributed by atoms with Crippen LogP contribution in [0.25, 0.3) is 0 Å². The van der Waals surface area contributed by atoms with E-state index in [0.717, 1.165) is 32.0 Å². The van der Waals surface area contributed by atoms with E-state index >= 15 is 0 Å². The van der Waals surface area contributed by atoms with Crippen LogP contribution in [0.1, 0.15) is 19.5 Å². The summed E-state index contributed by atoms with van der Waals surface area (Å²) in [4.78, 5) is 12.9. The van der Waals surface area contributed by atoms with Crippen LogP contribution in [0.4, 0.5) is 5.82 Å². The quantitative estimate of drug-likeness (QED) is 0.756. The maximum absolute atomic E-state index is 9.02. The summed E-state index contributed by atoms with van der Waals surface area (Å²) in [6, 6.07) is 2.59. The largest absolute Gasteiger partial charge is 0.351 e. The van der Waals surface area contributed by atoms with Crippen LogP contribution < -0.4 is 4.90 Å². The van der Waals surface area contributed by atoms with Crippen molar-refractivity contribution in [3.8, 4) is 6.07 Å². The van der Waals surface area contributed by atoms with Gasteiger partial charge < -0.3 is 4.90 Å². The number of rotatable bonds is 2. The van der Waals surface area contributed by atoms with Crippen LogP contribution >= 0.6 is 0 Å². The predicted octanol–water partition coefficient (Wildman–Crippen LogP) is 0.879. The summed E-state index contributed by atoms with van der Waals surface area (Å²) in [5.41, 5.74) is 0.421. The van der Waals surface area contributed by atoms with Crippen LogP contribution in [0.3, 0.4) is 0 Å². The Bertz CT molecular complexity index is 425. The Morgan fingerprint density at radius 3 is 2.82 bits per heavy atom. The lowest BCUT2D eigenvalue weighted by Gasteiger charge is -2.39. The Kier molecular flexibility index (Phi) is 3.55. The van der Waals surface area contributed by atoms with E-state index in [1.54, 1.807) is 12.4 Å². The minimum Gasteiger partial charge on any atom is -0.351 e. The maximum atomic E-state index is 9.02. The molecular weight excluding hydrogens is 214 g/mol. The van der Waals surface area contributed by atoms with Gasteiger partial charge in [-0.15, -0.1) is 0 Å². The molecule has 1 aromatic heterocycles. The highest BCUT2D eigenvalue weighted by Gasteiger charge is 2.24. The first-order valence-corrected chi connectivity index (χ1v) is 5.96. The van der Waals surface area contributed by atoms with Gasteiger partial charge in [-0.2, -0.15) is 5.26 Å². The Balaban J connectivity index is 2.17. The molecule has 90 valence electrons. The van der Waals surface area contributed by atoms with Gasteiger partial charge in [0.2, 0.25) is 0 Å². The van der Waals surface area contributed by atoms with Gasteiger partial charge in [-0.25, -0.2) is 9.97 Å². The van der Waals surface area contributed by atoms with E-state index in [1.807, 2.05) is 0 Å². The van der Waals surface area contributed by atoms with Crippen LogP contribution in [0.5, 0.6) is 0 Å². The summed E-state index contributed by atoms with van der Waals surface area (Å²) in [6.07, 6.45) is 3.21. The Hall–Kier alpha value is -1.67. The lowest BCUT2D eigenvalue weighted by Crippen LogP contribution is -2.52. The van der Waals surface area contributed by atoms with Crippen molar-refractivity contribution < 1.29 is 0 Å². The van der Waals surface area contributed by atoms with E-state index in [9.17, 15) is 0 Å². The molecule has 5 nitrogen and oxygen atoms in total. The third-order valence-corrected chi connectivity index (χ3v) is 3.26. The predicted molar refractivity (Wildman–Crippen MR) is 65.7 cm³/mol. The minimum atomic E-state index is 0.421. The topological polar surface area (TPSA) is 56.1 Å². The van der Waals surface area contributed by atoms with Gasteiger partial charge in [0, 0.05) is 38.1 Å². The molecular formula is C12H17N5. The molecule has 1 aromatic rings. The Morgan fingerprint density at radius 2 is 2.18 bits per heavy atom. The van der Waals surface area contributed by atoms with Crippen molar-refractivity contribution >= 4 is 5.82 Å². The first kappa shape index (κ1) is 11.8. The smallest absolute Gasteiger partial charge is 0.183 e. The van der Waals surface area contributed by atoms with Crippen molar-refractivity contribution in [1.29, 1.82) is 5.26 Å². The first-order valence-electron chi connectivity index (χ1n) is 5.96. The molecule has 2 heterocycles. The van der Waals surface area contributed by atoms with Crippen molar-refractivity contribution in [3.63, 3.8) is 0 Å². The molecule has 0 N–H and O–H groups in total. The second kappa shape index (κ2) is 5.11. The third kappa shape index (κ3) is 2.37. The van der Waals surface area contributed by atoms with Gasteiger partial charge in [0.15, 0.2) is 11.5 Å². The van der Waals surface area contributed by atoms with E-state index in [1.165, 1.54) is 0 Å². The second-order valence-corrected chi connectivity index (χ2v) is 4.26. The lowest BCUT2D eigenvalue weighted by atomic mass is 10.2. The number of aromatic nitrogens is 2. The number of hydrogen-bond donors (Lipinski definition) is 0. The normalized spacial score (nSPS) is 21.2. The molecule has 2 rings (SSSR count). The molecule has 0 aliphatic carbocycles. The van der Waals surface area contributed by atoms with Crippen LogP contribution in [0, 0.1) is 11.3 Å². The molecule has 1 aliphatic heterocycles. The third-order valence-electron chi connectivity index (χ3n) is 3.26.